The SMILES string of the molecule is O=C1NC(=O)C(=Cc2cccc(OCc3ccc([N+](=O)[O-])cc3)c2)C(=O)N1. The van der Waals surface area contributed by atoms with Gasteiger partial charge in [0.15, 0.2) is 0 Å². The molecule has 1 heterocycles. The normalized spacial score (nSPS) is 13.6. The van der Waals surface area contributed by atoms with Gasteiger partial charge < -0.3 is 4.74 Å². The number of barbiturate groups is 1. The van der Waals surface area contributed by atoms with Crippen LogP contribution in [0.15, 0.2) is 54.1 Å². The van der Waals surface area contributed by atoms with E-state index >= 15 is 0 Å². The van der Waals surface area contributed by atoms with Crippen LogP contribution in [0.5, 0.6) is 5.75 Å². The van der Waals surface area contributed by atoms with Gasteiger partial charge in [0.05, 0.1) is 4.92 Å². The summed E-state index contributed by atoms with van der Waals surface area (Å²) in [6.45, 7) is 0.188. The number of nitro groups is 1. The highest BCUT2D eigenvalue weighted by Gasteiger charge is 2.27. The van der Waals surface area contributed by atoms with Crippen molar-refractivity contribution in [2.45, 2.75) is 6.61 Å². The third-order valence-electron chi connectivity index (χ3n) is 3.67. The van der Waals surface area contributed by atoms with Crippen molar-refractivity contribution >= 4 is 29.6 Å². The molecule has 0 unspecified atom stereocenters. The van der Waals surface area contributed by atoms with Gasteiger partial charge in [0, 0.05) is 12.1 Å². The first-order valence-corrected chi connectivity index (χ1v) is 7.77. The Balaban J connectivity index is 1.71. The van der Waals surface area contributed by atoms with Gasteiger partial charge in [0.2, 0.25) is 0 Å². The molecule has 1 saturated heterocycles. The van der Waals surface area contributed by atoms with Crippen molar-refractivity contribution in [3.63, 3.8) is 0 Å². The van der Waals surface area contributed by atoms with Crippen LogP contribution in [0.4, 0.5) is 10.5 Å². The van der Waals surface area contributed by atoms with E-state index in [1.54, 1.807) is 36.4 Å². The predicted molar refractivity (Wildman–Crippen MR) is 93.5 cm³/mol. The molecule has 2 aromatic rings. The molecule has 0 spiro atoms. The number of ether oxygens (including phenoxy) is 1. The number of carbonyl (C=O) groups is 3. The van der Waals surface area contributed by atoms with E-state index in [0.29, 0.717) is 11.3 Å². The Kier molecular flexibility index (Phi) is 4.93. The zero-order valence-electron chi connectivity index (χ0n) is 13.8. The first-order valence-electron chi connectivity index (χ1n) is 7.77. The van der Waals surface area contributed by atoms with Crippen molar-refractivity contribution in [1.82, 2.24) is 10.6 Å². The van der Waals surface area contributed by atoms with Gasteiger partial charge >= 0.3 is 6.03 Å². The molecule has 0 atom stereocenters. The smallest absolute Gasteiger partial charge is 0.328 e. The minimum atomic E-state index is -0.859. The second-order valence-electron chi connectivity index (χ2n) is 5.58. The number of nitro benzene ring substituents is 1. The highest BCUT2D eigenvalue weighted by atomic mass is 16.6. The van der Waals surface area contributed by atoms with Crippen molar-refractivity contribution in [1.29, 1.82) is 0 Å². The van der Waals surface area contributed by atoms with E-state index in [1.165, 1.54) is 18.2 Å². The number of nitrogens with zero attached hydrogens (tertiary/aromatic N) is 1. The van der Waals surface area contributed by atoms with E-state index in [0.717, 1.165) is 5.56 Å². The van der Waals surface area contributed by atoms with Gasteiger partial charge in [-0.3, -0.25) is 30.3 Å². The van der Waals surface area contributed by atoms with Crippen LogP contribution >= 0.6 is 0 Å². The average Bonchev–Trinajstić information content (AvgIpc) is 2.63. The summed E-state index contributed by atoms with van der Waals surface area (Å²) in [7, 11) is 0. The van der Waals surface area contributed by atoms with Gasteiger partial charge in [-0.15, -0.1) is 0 Å². The molecule has 1 fully saturated rings. The van der Waals surface area contributed by atoms with Crippen LogP contribution in [-0.2, 0) is 16.2 Å². The van der Waals surface area contributed by atoms with Gasteiger partial charge in [-0.2, -0.15) is 0 Å². The van der Waals surface area contributed by atoms with Gasteiger partial charge in [-0.05, 0) is 41.5 Å². The molecule has 9 heteroatoms. The quantitative estimate of drug-likeness (QED) is 0.360. The summed E-state index contributed by atoms with van der Waals surface area (Å²) in [4.78, 5) is 44.7. The molecular formula is C18H13N3O6. The lowest BCUT2D eigenvalue weighted by atomic mass is 10.1. The van der Waals surface area contributed by atoms with Gasteiger partial charge in [0.25, 0.3) is 17.5 Å². The molecule has 0 aliphatic carbocycles. The van der Waals surface area contributed by atoms with E-state index in [9.17, 15) is 24.5 Å². The molecule has 2 N–H and O–H groups in total. The van der Waals surface area contributed by atoms with Crippen molar-refractivity contribution in [3.05, 3.63) is 75.3 Å². The Labute approximate surface area is 152 Å². The lowest BCUT2D eigenvalue weighted by molar-refractivity contribution is -0.384. The lowest BCUT2D eigenvalue weighted by Gasteiger charge is -2.14. The number of carbonyl (C=O) groups excluding carboxylic acids is 3. The largest absolute Gasteiger partial charge is 0.489 e. The predicted octanol–water partition coefficient (Wildman–Crippen LogP) is 1.92. The van der Waals surface area contributed by atoms with Crippen LogP contribution < -0.4 is 15.4 Å². The Bertz CT molecular complexity index is 943. The fourth-order valence-corrected chi connectivity index (χ4v) is 2.35. The lowest BCUT2D eigenvalue weighted by Crippen LogP contribution is -2.51. The maximum absolute atomic E-state index is 11.8. The summed E-state index contributed by atoms with van der Waals surface area (Å²) in [5.74, 6) is -1.07. The number of imide groups is 2. The minimum Gasteiger partial charge on any atom is -0.489 e. The van der Waals surface area contributed by atoms with Crippen LogP contribution in [0.1, 0.15) is 11.1 Å². The highest BCUT2D eigenvalue weighted by Crippen LogP contribution is 2.19. The second-order valence-corrected chi connectivity index (χ2v) is 5.58. The molecule has 4 amide bonds. The van der Waals surface area contributed by atoms with Gasteiger partial charge in [-0.1, -0.05) is 12.1 Å². The molecule has 1 aliphatic heterocycles. The standard InChI is InChI=1S/C18H13N3O6/c22-16-15(17(23)20-18(24)19-16)9-12-2-1-3-14(8-12)27-10-11-4-6-13(7-5-11)21(25)26/h1-9H,10H2,(H2,19,20,22,23,24). The highest BCUT2D eigenvalue weighted by molar-refractivity contribution is 6.31. The molecule has 1 aliphatic rings. The van der Waals surface area contributed by atoms with Crippen molar-refractivity contribution in [3.8, 4) is 5.75 Å². The molecule has 136 valence electrons. The van der Waals surface area contributed by atoms with Crippen LogP contribution in [-0.4, -0.2) is 22.8 Å². The number of urea groups is 1. The summed E-state index contributed by atoms with van der Waals surface area (Å²) in [6.07, 6.45) is 1.34. The average molecular weight is 367 g/mol. The van der Waals surface area contributed by atoms with Gasteiger partial charge in [0.1, 0.15) is 17.9 Å². The van der Waals surface area contributed by atoms with E-state index in [4.69, 9.17) is 4.74 Å². The summed E-state index contributed by atoms with van der Waals surface area (Å²) in [6, 6.07) is 11.8. The number of non-ortho nitro benzene ring substituents is 1. The Morgan fingerprint density at radius 2 is 1.67 bits per heavy atom. The Morgan fingerprint density at radius 3 is 2.30 bits per heavy atom. The summed E-state index contributed by atoms with van der Waals surface area (Å²) >= 11 is 0. The summed E-state index contributed by atoms with van der Waals surface area (Å²) < 4.78 is 5.64. The zero-order chi connectivity index (χ0) is 19.4. The third-order valence-corrected chi connectivity index (χ3v) is 3.67. The number of benzene rings is 2. The van der Waals surface area contributed by atoms with E-state index in [-0.39, 0.29) is 17.9 Å². The van der Waals surface area contributed by atoms with Crippen molar-refractivity contribution < 1.29 is 24.0 Å². The maximum Gasteiger partial charge on any atom is 0.328 e. The third kappa shape index (κ3) is 4.34. The maximum atomic E-state index is 11.8. The molecule has 27 heavy (non-hydrogen) atoms. The molecule has 0 bridgehead atoms. The first-order chi connectivity index (χ1) is 12.9. The molecule has 2 aromatic carbocycles. The Hall–Kier alpha value is -4.01. The molecule has 0 saturated carbocycles. The molecule has 9 nitrogen and oxygen atoms in total. The second kappa shape index (κ2) is 7.48. The molecule has 0 radical (unpaired) electrons. The molecule has 3 rings (SSSR count). The number of hydrogen-bond donors (Lipinski definition) is 2. The molecular weight excluding hydrogens is 354 g/mol. The van der Waals surface area contributed by atoms with E-state index in [1.807, 2.05) is 10.6 Å². The zero-order valence-corrected chi connectivity index (χ0v) is 13.8. The first kappa shape index (κ1) is 17.8. The monoisotopic (exact) mass is 367 g/mol. The topological polar surface area (TPSA) is 128 Å². The van der Waals surface area contributed by atoms with Crippen LogP contribution in [0.2, 0.25) is 0 Å². The number of amides is 4. The summed E-state index contributed by atoms with van der Waals surface area (Å²) in [5, 5.41) is 14.6. The van der Waals surface area contributed by atoms with Crippen LogP contribution in [0.3, 0.4) is 0 Å². The molecule has 0 aromatic heterocycles. The fourth-order valence-electron chi connectivity index (χ4n) is 2.35. The van der Waals surface area contributed by atoms with E-state index < -0.39 is 22.8 Å². The minimum absolute atomic E-state index is 0.00473. The number of rotatable bonds is 5. The summed E-state index contributed by atoms with van der Waals surface area (Å²) in [5.41, 5.74) is 1.08. The van der Waals surface area contributed by atoms with Crippen LogP contribution in [0, 0.1) is 10.1 Å². The van der Waals surface area contributed by atoms with Crippen LogP contribution in [0.25, 0.3) is 6.08 Å². The van der Waals surface area contributed by atoms with Crippen molar-refractivity contribution in [2.24, 2.45) is 0 Å². The number of nitrogens with one attached hydrogen (secondary N) is 2. The fraction of sp³-hybridized carbons (Fsp3) is 0.0556. The van der Waals surface area contributed by atoms with E-state index in [2.05, 4.69) is 0 Å². The van der Waals surface area contributed by atoms with Crippen molar-refractivity contribution in [2.75, 3.05) is 0 Å². The number of hydrogen-bond acceptors (Lipinski definition) is 6. The Morgan fingerprint density at radius 1 is 1.00 bits per heavy atom. The van der Waals surface area contributed by atoms with Gasteiger partial charge in [-0.25, -0.2) is 4.79 Å².